The van der Waals surface area contributed by atoms with Crippen molar-refractivity contribution >= 4 is 23.1 Å². The van der Waals surface area contributed by atoms with Gasteiger partial charge < -0.3 is 9.13 Å². The zero-order valence-electron chi connectivity index (χ0n) is 13.5. The summed E-state index contributed by atoms with van der Waals surface area (Å²) in [6.45, 7) is 4.27. The van der Waals surface area contributed by atoms with Crippen LogP contribution in [0.1, 0.15) is 24.2 Å². The van der Waals surface area contributed by atoms with Gasteiger partial charge in [0.05, 0.1) is 5.52 Å². The lowest BCUT2D eigenvalue weighted by Gasteiger charge is -2.17. The van der Waals surface area contributed by atoms with E-state index in [0.29, 0.717) is 5.92 Å². The Kier molecular flexibility index (Phi) is 2.78. The molecule has 0 radical (unpaired) electrons. The molecule has 1 aliphatic heterocycles. The number of imidazole rings is 1. The maximum atomic E-state index is 4.35. The van der Waals surface area contributed by atoms with Gasteiger partial charge in [-0.2, -0.15) is 0 Å². The molecule has 0 bridgehead atoms. The first-order valence-corrected chi connectivity index (χ1v) is 8.61. The van der Waals surface area contributed by atoms with Crippen LogP contribution in [0.25, 0.3) is 23.1 Å². The van der Waals surface area contributed by atoms with Crippen LogP contribution in [0, 0.1) is 12.8 Å². The zero-order chi connectivity index (χ0) is 15.4. The second-order valence-corrected chi connectivity index (χ2v) is 6.86. The van der Waals surface area contributed by atoms with Crippen molar-refractivity contribution in [2.45, 2.75) is 39.3 Å². The first kappa shape index (κ1) is 13.2. The van der Waals surface area contributed by atoms with Crippen molar-refractivity contribution in [2.75, 3.05) is 0 Å². The molecule has 5 rings (SSSR count). The Morgan fingerprint density at radius 1 is 1.30 bits per heavy atom. The summed E-state index contributed by atoms with van der Waals surface area (Å²) in [5.74, 6) is 1.66. The predicted molar refractivity (Wildman–Crippen MR) is 93.5 cm³/mol. The number of nitrogens with zero attached hydrogens (tertiary/aromatic N) is 3. The van der Waals surface area contributed by atoms with Crippen molar-refractivity contribution in [1.29, 1.82) is 0 Å². The van der Waals surface area contributed by atoms with Crippen LogP contribution in [-0.2, 0) is 19.5 Å². The van der Waals surface area contributed by atoms with Crippen molar-refractivity contribution < 1.29 is 0 Å². The average Bonchev–Trinajstić information content (AvgIpc) is 3.12. The van der Waals surface area contributed by atoms with E-state index in [1.165, 1.54) is 46.4 Å². The van der Waals surface area contributed by atoms with Gasteiger partial charge in [0.1, 0.15) is 5.82 Å². The molecule has 3 nitrogen and oxygen atoms in total. The Morgan fingerprint density at radius 3 is 3.13 bits per heavy atom. The van der Waals surface area contributed by atoms with Crippen LogP contribution in [0.5, 0.6) is 0 Å². The van der Waals surface area contributed by atoms with Crippen molar-refractivity contribution in [3.63, 3.8) is 0 Å². The van der Waals surface area contributed by atoms with E-state index in [2.05, 4.69) is 57.6 Å². The van der Waals surface area contributed by atoms with Crippen LogP contribution >= 0.6 is 0 Å². The van der Waals surface area contributed by atoms with Crippen LogP contribution in [-0.4, -0.2) is 14.1 Å². The zero-order valence-corrected chi connectivity index (χ0v) is 13.5. The number of hydrogen-bond acceptors (Lipinski definition) is 1. The van der Waals surface area contributed by atoms with Crippen LogP contribution in [0.3, 0.4) is 0 Å². The van der Waals surface area contributed by atoms with E-state index in [9.17, 15) is 0 Å². The van der Waals surface area contributed by atoms with Crippen molar-refractivity contribution in [3.05, 3.63) is 52.5 Å². The van der Waals surface area contributed by atoms with Gasteiger partial charge in [-0.3, -0.25) is 0 Å². The SMILES string of the molecule is Cc1nccn1C[C@H]1C=c2c(n3c4c(cccc24)CCC3)=CC1. The van der Waals surface area contributed by atoms with Gasteiger partial charge in [0.15, 0.2) is 0 Å². The summed E-state index contributed by atoms with van der Waals surface area (Å²) in [6, 6.07) is 6.83. The number of para-hydroxylation sites is 1. The molecule has 2 aliphatic rings. The van der Waals surface area contributed by atoms with E-state index in [-0.39, 0.29) is 0 Å². The Balaban J connectivity index is 1.68. The summed E-state index contributed by atoms with van der Waals surface area (Å²) in [6.07, 6.45) is 12.6. The third-order valence-corrected chi connectivity index (χ3v) is 5.45. The van der Waals surface area contributed by atoms with E-state index in [1.54, 1.807) is 0 Å². The average molecular weight is 303 g/mol. The first-order chi connectivity index (χ1) is 11.3. The molecule has 3 heterocycles. The maximum absolute atomic E-state index is 4.35. The minimum absolute atomic E-state index is 0.554. The van der Waals surface area contributed by atoms with Crippen molar-refractivity contribution in [3.8, 4) is 0 Å². The summed E-state index contributed by atoms with van der Waals surface area (Å²) in [7, 11) is 0. The molecule has 116 valence electrons. The number of aryl methyl sites for hydroxylation is 3. The van der Waals surface area contributed by atoms with Gasteiger partial charge in [-0.25, -0.2) is 4.98 Å². The first-order valence-electron chi connectivity index (χ1n) is 8.61. The minimum Gasteiger partial charge on any atom is -0.341 e. The summed E-state index contributed by atoms with van der Waals surface area (Å²) < 4.78 is 4.82. The van der Waals surface area contributed by atoms with Gasteiger partial charge in [0.2, 0.25) is 0 Å². The van der Waals surface area contributed by atoms with Gasteiger partial charge in [0, 0.05) is 41.4 Å². The third kappa shape index (κ3) is 1.92. The quantitative estimate of drug-likeness (QED) is 0.713. The highest BCUT2D eigenvalue weighted by Crippen LogP contribution is 2.23. The van der Waals surface area contributed by atoms with E-state index < -0.39 is 0 Å². The Bertz CT molecular complexity index is 1020. The second-order valence-electron chi connectivity index (χ2n) is 6.86. The molecule has 0 saturated carbocycles. The normalized spacial score (nSPS) is 19.3. The summed E-state index contributed by atoms with van der Waals surface area (Å²) in [5, 5.41) is 4.35. The smallest absolute Gasteiger partial charge is 0.105 e. The molecular formula is C20H21N3. The van der Waals surface area contributed by atoms with Crippen LogP contribution < -0.4 is 10.6 Å². The molecule has 3 heteroatoms. The standard InChI is InChI=1S/C20H21N3/c1-14-21-9-11-22(14)13-15-7-8-19-18(12-15)17-6-2-4-16-5-3-10-23(19)20(16)17/h2,4,6,8-9,11-12,15H,3,5,7,10,13H2,1H3/t15-/m1/s1. The van der Waals surface area contributed by atoms with Crippen molar-refractivity contribution in [2.24, 2.45) is 5.92 Å². The van der Waals surface area contributed by atoms with Crippen molar-refractivity contribution in [1.82, 2.24) is 14.1 Å². The molecule has 1 aliphatic carbocycles. The summed E-state index contributed by atoms with van der Waals surface area (Å²) in [5.41, 5.74) is 3.00. The lowest BCUT2D eigenvalue weighted by atomic mass is 9.98. The summed E-state index contributed by atoms with van der Waals surface area (Å²) in [4.78, 5) is 4.35. The molecular weight excluding hydrogens is 282 g/mol. The fraction of sp³-hybridized carbons (Fsp3) is 0.350. The van der Waals surface area contributed by atoms with Crippen LogP contribution in [0.15, 0.2) is 30.6 Å². The third-order valence-electron chi connectivity index (χ3n) is 5.45. The molecule has 1 atom stereocenters. The second kappa shape index (κ2) is 4.85. The number of fused-ring (bicyclic) bond motifs is 3. The number of rotatable bonds is 2. The fourth-order valence-corrected chi connectivity index (χ4v) is 4.33. The summed E-state index contributed by atoms with van der Waals surface area (Å²) >= 11 is 0. The van der Waals surface area contributed by atoms with Crippen LogP contribution in [0.2, 0.25) is 0 Å². The van der Waals surface area contributed by atoms with Gasteiger partial charge >= 0.3 is 0 Å². The Hall–Kier alpha value is -2.29. The highest BCUT2D eigenvalue weighted by molar-refractivity contribution is 5.86. The van der Waals surface area contributed by atoms with Gasteiger partial charge in [0.25, 0.3) is 0 Å². The Labute approximate surface area is 135 Å². The van der Waals surface area contributed by atoms with Crippen LogP contribution in [0.4, 0.5) is 0 Å². The predicted octanol–water partition coefficient (Wildman–Crippen LogP) is 2.37. The molecule has 0 fully saturated rings. The molecule has 0 spiro atoms. The molecule has 0 amide bonds. The molecule has 1 aromatic carbocycles. The maximum Gasteiger partial charge on any atom is 0.105 e. The van der Waals surface area contributed by atoms with Gasteiger partial charge in [-0.15, -0.1) is 0 Å². The number of hydrogen-bond donors (Lipinski definition) is 0. The topological polar surface area (TPSA) is 22.8 Å². The molecule has 0 saturated heterocycles. The largest absolute Gasteiger partial charge is 0.341 e. The van der Waals surface area contributed by atoms with E-state index in [1.807, 2.05) is 6.20 Å². The molecule has 2 aromatic heterocycles. The van der Waals surface area contributed by atoms with Gasteiger partial charge in [-0.05, 0) is 37.7 Å². The van der Waals surface area contributed by atoms with E-state index in [0.717, 1.165) is 18.8 Å². The number of aromatic nitrogens is 3. The highest BCUT2D eigenvalue weighted by Gasteiger charge is 2.19. The molecule has 23 heavy (non-hydrogen) atoms. The van der Waals surface area contributed by atoms with Gasteiger partial charge in [-0.1, -0.05) is 30.4 Å². The van der Waals surface area contributed by atoms with E-state index >= 15 is 0 Å². The monoisotopic (exact) mass is 303 g/mol. The lowest BCUT2D eigenvalue weighted by Crippen LogP contribution is -2.34. The minimum atomic E-state index is 0.554. The molecule has 3 aromatic rings. The lowest BCUT2D eigenvalue weighted by molar-refractivity contribution is 0.549. The molecule has 0 N–H and O–H groups in total. The fourth-order valence-electron chi connectivity index (χ4n) is 4.33. The van der Waals surface area contributed by atoms with E-state index in [4.69, 9.17) is 0 Å². The molecule has 0 unspecified atom stereocenters. The highest BCUT2D eigenvalue weighted by atomic mass is 15.1. The number of benzene rings is 1. The Morgan fingerprint density at radius 2 is 2.26 bits per heavy atom.